The number of fused-ring (bicyclic) bond motifs is 15. The summed E-state index contributed by atoms with van der Waals surface area (Å²) in [6.45, 7) is 44.4. The van der Waals surface area contributed by atoms with Crippen molar-refractivity contribution in [3.63, 3.8) is 0 Å². The fraction of sp³-hybridized carbons (Fsp3) is 0. The van der Waals surface area contributed by atoms with E-state index in [1.165, 1.54) is 24.3 Å². The van der Waals surface area contributed by atoms with Gasteiger partial charge in [-0.05, 0) is 105 Å². The number of nitrogens with zero attached hydrogens (tertiary/aromatic N) is 19. The monoisotopic (exact) mass is 1920 g/mol. The predicted octanol–water partition coefficient (Wildman–Crippen LogP) is 32.2. The Kier molecular flexibility index (Phi) is 24.0. The first-order valence-corrected chi connectivity index (χ1v) is 44.9. The highest BCUT2D eigenvalue weighted by molar-refractivity contribution is 6.26. The molecule has 688 valence electrons. The molecule has 0 bridgehead atoms. The lowest BCUT2D eigenvalue weighted by Crippen LogP contribution is -2.05. The van der Waals surface area contributed by atoms with Gasteiger partial charge in [0.15, 0.2) is 74.8 Å². The van der Waals surface area contributed by atoms with E-state index in [1.54, 1.807) is 200 Å². The lowest BCUT2D eigenvalue weighted by molar-refractivity contribution is 0.381. The van der Waals surface area contributed by atoms with E-state index >= 15 is 8.78 Å². The average molecular weight is 1920 g/mol. The second kappa shape index (κ2) is 38.4. The summed E-state index contributed by atoms with van der Waals surface area (Å²) in [5.41, 5.74) is 16.0. The standard InChI is InChI=1S/C42H17F5N6.C42H19F3N6.C37H17N7/c1-49-24-15-11-21(12-16-24)39-40(22-13-17-25(50-2)18-14-22)53-42-30(52-39)19-23(20-48)31-28-9-5-6-10-29(28)51-41(33(31)42)27-8-4-3-7-26(27)32-34(43)36(45)38(47)37(46)35(32)44;1-47-27-15-11-23(12-16-27)39-40(24-13-17-28(48-2)18-14-24)51-42-35(50-39)21-26(22-46)36-31-9-5-6-10-34(31)49-41(37(36)42)30-8-4-3-7-29(30)25-19-32(43)38(45)33(44)20-25;1-40-26-15-11-22(12-16-26)34-35(23-13-17-27(41-2)18-14-23)44-37-31(43-34)19-25(21-39)32-29-9-5-6-10-30(29)42-36(33(32)37)28-8-4-3-7-24(28)20-38/h3-19H;3-21H;3-19H. The molecule has 0 aliphatic rings. The van der Waals surface area contributed by atoms with Gasteiger partial charge < -0.3 is 0 Å². The average Bonchev–Trinajstić information content (AvgIpc) is 0.715. The van der Waals surface area contributed by atoms with Crippen molar-refractivity contribution in [2.45, 2.75) is 0 Å². The highest BCUT2D eigenvalue weighted by Gasteiger charge is 2.33. The number of para-hydroxylation sites is 3. The van der Waals surface area contributed by atoms with Crippen LogP contribution in [0.25, 0.3) is 251 Å². The third kappa shape index (κ3) is 16.3. The van der Waals surface area contributed by atoms with Gasteiger partial charge in [0.25, 0.3) is 0 Å². The molecule has 23 aromatic rings. The first kappa shape index (κ1) is 92.5. The first-order chi connectivity index (χ1) is 72.2. The molecule has 0 N–H and O–H groups in total. The summed E-state index contributed by atoms with van der Waals surface area (Å²) in [7, 11) is 0. The summed E-state index contributed by atoms with van der Waals surface area (Å²) < 4.78 is 117. The minimum absolute atomic E-state index is 0.00595. The molecule has 17 aromatic carbocycles. The number of aromatic nitrogens is 9. The van der Waals surface area contributed by atoms with E-state index in [1.807, 2.05) is 84.9 Å². The number of benzene rings is 17. The maximum Gasteiger partial charge on any atom is 0.200 e. The summed E-state index contributed by atoms with van der Waals surface area (Å²) >= 11 is 0. The Balaban J connectivity index is 0.000000131. The molecular formula is C121H53F8N19. The highest BCUT2D eigenvalue weighted by Crippen LogP contribution is 2.50. The molecule has 0 unspecified atom stereocenters. The summed E-state index contributed by atoms with van der Waals surface area (Å²) in [4.78, 5) is 66.8. The molecule has 0 fully saturated rings. The molecule has 6 heterocycles. The zero-order valence-electron chi connectivity index (χ0n) is 76.1. The van der Waals surface area contributed by atoms with Gasteiger partial charge in [-0.2, -0.15) is 21.0 Å². The van der Waals surface area contributed by atoms with Crippen molar-refractivity contribution in [3.05, 3.63) is 459 Å². The largest absolute Gasteiger partial charge is 0.247 e. The lowest BCUT2D eigenvalue weighted by atomic mass is 9.90. The van der Waals surface area contributed by atoms with Gasteiger partial charge in [0.1, 0.15) is 0 Å². The van der Waals surface area contributed by atoms with E-state index in [4.69, 9.17) is 84.3 Å². The van der Waals surface area contributed by atoms with Gasteiger partial charge >= 0.3 is 0 Å². The maximum absolute atomic E-state index is 15.4. The fourth-order valence-corrected chi connectivity index (χ4v) is 18.4. The minimum Gasteiger partial charge on any atom is -0.247 e. The SMILES string of the molecule is [C-]#[N+]c1ccc(-c2nc3cc(C#N)c4c5ccccc5nc(-c5ccccc5-c5c(F)c(F)c(F)c(F)c5F)c4c3nc2-c2ccc([N+]#[C-])cc2)cc1.[C-]#[N+]c1ccc(-c2nc3cc(C#N)c4c5ccccc5nc(-c5ccccc5-c5cc(F)c(F)c(F)c5)c4c3nc2-c2ccc([N+]#[C-])cc2)cc1.[C-]#[N+]c1ccc(-c2nc3cc(C#N)c4c5ccccc5nc(-c5ccccc5C#N)c4c3nc2-c2ccc([N+]#[C-])cc2)cc1. The van der Waals surface area contributed by atoms with E-state index in [-0.39, 0.29) is 44.4 Å². The van der Waals surface area contributed by atoms with Crippen LogP contribution in [-0.2, 0) is 0 Å². The smallest absolute Gasteiger partial charge is 0.200 e. The van der Waals surface area contributed by atoms with Crippen LogP contribution in [0.4, 0.5) is 69.2 Å². The molecule has 0 spiro atoms. The summed E-state index contributed by atoms with van der Waals surface area (Å²) in [6.07, 6.45) is 0. The summed E-state index contributed by atoms with van der Waals surface area (Å²) in [5.74, 6) is -14.7. The predicted molar refractivity (Wildman–Crippen MR) is 553 cm³/mol. The molecule has 23 rings (SSSR count). The van der Waals surface area contributed by atoms with Crippen LogP contribution in [0, 0.1) is 131 Å². The van der Waals surface area contributed by atoms with Crippen molar-refractivity contribution in [2.75, 3.05) is 0 Å². The number of halogens is 8. The first-order valence-electron chi connectivity index (χ1n) is 44.9. The van der Waals surface area contributed by atoms with E-state index in [0.29, 0.717) is 212 Å². The van der Waals surface area contributed by atoms with Crippen LogP contribution in [0.2, 0.25) is 0 Å². The molecule has 0 amide bonds. The maximum atomic E-state index is 15.4. The van der Waals surface area contributed by atoms with Gasteiger partial charge in [-0.3, -0.25) is 0 Å². The van der Waals surface area contributed by atoms with Crippen molar-refractivity contribution >= 4 is 132 Å². The van der Waals surface area contributed by atoms with Gasteiger partial charge in [-0.1, -0.05) is 267 Å². The van der Waals surface area contributed by atoms with Crippen LogP contribution < -0.4 is 0 Å². The second-order valence-corrected chi connectivity index (χ2v) is 33.6. The van der Waals surface area contributed by atoms with Gasteiger partial charge in [-0.25, -0.2) is 109 Å². The van der Waals surface area contributed by atoms with Crippen molar-refractivity contribution in [3.8, 4) is 148 Å². The van der Waals surface area contributed by atoms with E-state index in [2.05, 4.69) is 53.3 Å². The van der Waals surface area contributed by atoms with Crippen LogP contribution in [-0.4, -0.2) is 44.9 Å². The fourth-order valence-electron chi connectivity index (χ4n) is 18.4. The molecule has 0 atom stereocenters. The van der Waals surface area contributed by atoms with Gasteiger partial charge in [0.05, 0.1) is 192 Å². The Morgan fingerprint density at radius 3 is 0.730 bits per heavy atom. The second-order valence-electron chi connectivity index (χ2n) is 33.6. The normalized spacial score (nSPS) is 10.9. The van der Waals surface area contributed by atoms with Gasteiger partial charge in [0.2, 0.25) is 5.82 Å². The highest BCUT2D eigenvalue weighted by atomic mass is 19.2. The van der Waals surface area contributed by atoms with Crippen LogP contribution in [0.1, 0.15) is 22.3 Å². The zero-order chi connectivity index (χ0) is 102. The minimum atomic E-state index is -2.29. The van der Waals surface area contributed by atoms with Gasteiger partial charge in [-0.15, -0.1) is 0 Å². The van der Waals surface area contributed by atoms with E-state index in [0.717, 1.165) is 28.6 Å². The van der Waals surface area contributed by atoms with Crippen molar-refractivity contribution < 1.29 is 35.1 Å². The topological polar surface area (TPSA) is 237 Å². The number of pyridine rings is 3. The van der Waals surface area contributed by atoms with Gasteiger partial charge in [0, 0.05) is 65.2 Å². The number of hydrogen-bond donors (Lipinski definition) is 0. The van der Waals surface area contributed by atoms with E-state index in [9.17, 15) is 47.4 Å². The molecule has 0 aliphatic heterocycles. The van der Waals surface area contributed by atoms with Crippen molar-refractivity contribution in [2.24, 2.45) is 0 Å². The van der Waals surface area contributed by atoms with Crippen LogP contribution >= 0.6 is 0 Å². The quantitative estimate of drug-likeness (QED) is 0.0385. The lowest BCUT2D eigenvalue weighted by Gasteiger charge is -2.18. The molecule has 27 heteroatoms. The molecule has 148 heavy (non-hydrogen) atoms. The molecule has 6 aromatic heterocycles. The van der Waals surface area contributed by atoms with Crippen molar-refractivity contribution in [1.29, 1.82) is 21.0 Å². The van der Waals surface area contributed by atoms with Crippen molar-refractivity contribution in [1.82, 2.24) is 44.9 Å². The Labute approximate surface area is 834 Å². The third-order valence-corrected chi connectivity index (χ3v) is 25.2. The summed E-state index contributed by atoms with van der Waals surface area (Å²) in [5, 5.41) is 46.6. The third-order valence-electron chi connectivity index (χ3n) is 25.2. The van der Waals surface area contributed by atoms with Crippen LogP contribution in [0.5, 0.6) is 0 Å². The molecular weight excluding hydrogens is 1870 g/mol. The Hall–Kier alpha value is -21.9. The Morgan fingerprint density at radius 1 is 0.196 bits per heavy atom. The van der Waals surface area contributed by atoms with Crippen LogP contribution in [0.15, 0.2) is 322 Å². The zero-order valence-corrected chi connectivity index (χ0v) is 76.1. The number of rotatable bonds is 11. The molecule has 19 nitrogen and oxygen atoms in total. The Morgan fingerprint density at radius 2 is 0.432 bits per heavy atom. The Bertz CT molecular complexity index is 10100. The molecule has 0 radical (unpaired) electrons. The molecule has 0 saturated carbocycles. The summed E-state index contributed by atoms with van der Waals surface area (Å²) in [6, 6.07) is 99.2. The molecule has 0 saturated heterocycles. The van der Waals surface area contributed by atoms with E-state index < -0.39 is 52.1 Å². The number of nitriles is 4. The van der Waals surface area contributed by atoms with Crippen LogP contribution in [0.3, 0.4) is 0 Å². The number of hydrogen-bond acceptors (Lipinski definition) is 13. The molecule has 0 aliphatic carbocycles.